The maximum atomic E-state index is 15.3. The lowest BCUT2D eigenvalue weighted by Crippen LogP contribution is -2.37. The van der Waals surface area contributed by atoms with Gasteiger partial charge in [-0.15, -0.1) is 0 Å². The fourth-order valence-corrected chi connectivity index (χ4v) is 5.72. The zero-order chi connectivity index (χ0) is 30.1. The van der Waals surface area contributed by atoms with E-state index in [9.17, 15) is 13.2 Å². The monoisotopic (exact) mass is 597 g/mol. The number of carbonyl (C=O) groups is 1. The molecule has 0 bridgehead atoms. The van der Waals surface area contributed by atoms with Crippen LogP contribution >= 0.6 is 11.6 Å². The summed E-state index contributed by atoms with van der Waals surface area (Å²) in [7, 11) is -4.11. The highest BCUT2D eigenvalue weighted by molar-refractivity contribution is 7.90. The number of aromatic nitrogens is 3. The van der Waals surface area contributed by atoms with Gasteiger partial charge in [0.1, 0.15) is 0 Å². The van der Waals surface area contributed by atoms with E-state index in [1.165, 1.54) is 30.6 Å². The summed E-state index contributed by atoms with van der Waals surface area (Å²) < 4.78 is 48.7. The van der Waals surface area contributed by atoms with Gasteiger partial charge in [-0.3, -0.25) is 4.79 Å². The van der Waals surface area contributed by atoms with E-state index in [4.69, 9.17) is 22.9 Å². The predicted octanol–water partition coefficient (Wildman–Crippen LogP) is 6.77. The summed E-state index contributed by atoms with van der Waals surface area (Å²) in [5, 5.41) is 3.55. The maximum absolute atomic E-state index is 15.3. The minimum Gasteiger partial charge on any atom is -0.466 e. The Labute approximate surface area is 243 Å². The first-order valence-electron chi connectivity index (χ1n) is 12.8. The van der Waals surface area contributed by atoms with Crippen molar-refractivity contribution in [3.05, 3.63) is 76.6 Å². The van der Waals surface area contributed by atoms with Crippen LogP contribution in [0.5, 0.6) is 0 Å². The minimum absolute atomic E-state index is 0.0274. The van der Waals surface area contributed by atoms with Crippen LogP contribution in [0, 0.1) is 24.7 Å². The minimum atomic E-state index is -4.11. The summed E-state index contributed by atoms with van der Waals surface area (Å²) in [5.74, 6) is -1.46. The van der Waals surface area contributed by atoms with Gasteiger partial charge in [0.05, 0.1) is 35.2 Å². The number of esters is 1. The van der Waals surface area contributed by atoms with Gasteiger partial charge in [0.15, 0.2) is 17.3 Å². The highest BCUT2D eigenvalue weighted by Gasteiger charge is 2.30. The maximum Gasteiger partial charge on any atom is 0.307 e. The normalized spacial score (nSPS) is 12.6. The lowest BCUT2D eigenvalue weighted by molar-refractivity contribution is -0.143. The molecule has 0 radical (unpaired) electrons. The molecule has 0 amide bonds. The number of hydrogen-bond acceptors (Lipinski definition) is 7. The fourth-order valence-electron chi connectivity index (χ4n) is 4.24. The molecule has 4 rings (SSSR count). The topological polar surface area (TPSA) is 108 Å². The molecule has 9 nitrogen and oxygen atoms in total. The van der Waals surface area contributed by atoms with Gasteiger partial charge in [-0.05, 0) is 43.5 Å². The van der Waals surface area contributed by atoms with E-state index in [1.807, 2.05) is 27.7 Å². The molecule has 3 aromatic heterocycles. The number of pyridine rings is 2. The Balaban J connectivity index is 1.91. The van der Waals surface area contributed by atoms with Crippen molar-refractivity contribution in [2.24, 2.45) is 5.41 Å². The molecule has 0 aliphatic carbocycles. The highest BCUT2D eigenvalue weighted by Crippen LogP contribution is 2.39. The van der Waals surface area contributed by atoms with E-state index in [-0.39, 0.29) is 51.4 Å². The van der Waals surface area contributed by atoms with Crippen molar-refractivity contribution >= 4 is 50.1 Å². The van der Waals surface area contributed by atoms with Gasteiger partial charge in [-0.1, -0.05) is 50.1 Å². The number of nitrogens with zero attached hydrogens (tertiary/aromatic N) is 4. The Morgan fingerprint density at radius 3 is 2.54 bits per heavy atom. The molecule has 0 spiro atoms. The van der Waals surface area contributed by atoms with Crippen molar-refractivity contribution in [2.75, 3.05) is 11.9 Å². The Kier molecular flexibility index (Phi) is 8.38. The van der Waals surface area contributed by atoms with E-state index in [2.05, 4.69) is 20.1 Å². The largest absolute Gasteiger partial charge is 0.466 e. The Hall–Kier alpha value is -4.01. The molecule has 0 saturated carbocycles. The smallest absolute Gasteiger partial charge is 0.307 e. The average molecular weight is 598 g/mol. The molecule has 3 heterocycles. The first-order chi connectivity index (χ1) is 19.3. The molecule has 0 aliphatic rings. The molecular formula is C29H29ClFN5O4S. The second kappa shape index (κ2) is 11.5. The average Bonchev–Trinajstić information content (AvgIpc) is 3.28. The molecule has 214 valence electrons. The second-order valence-corrected chi connectivity index (χ2v) is 12.8. The van der Waals surface area contributed by atoms with Crippen LogP contribution in [-0.2, 0) is 19.6 Å². The van der Waals surface area contributed by atoms with Crippen molar-refractivity contribution < 1.29 is 22.3 Å². The lowest BCUT2D eigenvalue weighted by Gasteiger charge is -2.31. The first-order valence-corrected chi connectivity index (χ1v) is 14.6. The molecule has 4 aromatic rings. The number of anilines is 1. The molecule has 0 aliphatic heterocycles. The Bertz CT molecular complexity index is 1770. The third-order valence-electron chi connectivity index (χ3n) is 6.52. The van der Waals surface area contributed by atoms with E-state index in [1.54, 1.807) is 19.1 Å². The quantitative estimate of drug-likeness (QED) is 0.176. The molecule has 0 fully saturated rings. The van der Waals surface area contributed by atoms with Crippen molar-refractivity contribution in [3.63, 3.8) is 0 Å². The van der Waals surface area contributed by atoms with Gasteiger partial charge in [0.2, 0.25) is 5.69 Å². The van der Waals surface area contributed by atoms with E-state index in [0.29, 0.717) is 5.39 Å². The second-order valence-electron chi connectivity index (χ2n) is 10.6. The number of nitrogens with one attached hydrogen (secondary N) is 1. The van der Waals surface area contributed by atoms with E-state index < -0.39 is 33.3 Å². The number of benzene rings is 1. The highest BCUT2D eigenvalue weighted by atomic mass is 35.5. The Morgan fingerprint density at radius 2 is 1.93 bits per heavy atom. The zero-order valence-electron chi connectivity index (χ0n) is 23.2. The van der Waals surface area contributed by atoms with Crippen molar-refractivity contribution in [2.45, 2.75) is 52.0 Å². The van der Waals surface area contributed by atoms with Gasteiger partial charge < -0.3 is 10.1 Å². The van der Waals surface area contributed by atoms with Crippen LogP contribution in [0.4, 0.5) is 15.9 Å². The third-order valence-corrected chi connectivity index (χ3v) is 8.39. The molecule has 12 heteroatoms. The summed E-state index contributed by atoms with van der Waals surface area (Å²) in [4.78, 5) is 24.5. The third kappa shape index (κ3) is 6.19. The lowest BCUT2D eigenvalue weighted by atomic mass is 9.84. The van der Waals surface area contributed by atoms with Crippen LogP contribution < -0.4 is 5.32 Å². The molecule has 41 heavy (non-hydrogen) atoms. The molecule has 1 unspecified atom stereocenters. The molecular weight excluding hydrogens is 569 g/mol. The number of aryl methyl sites for hydroxylation is 1. The molecule has 1 aromatic carbocycles. The SMILES string of the molecule is [C-]#[N+]c1cc(F)c(NC(CC(=O)OCC)C(C)(C)C)nc1-c1cn(S(=O)(=O)c2ccc(C)cc2)c2ncc(Cl)cc12. The molecule has 1 atom stereocenters. The van der Waals surface area contributed by atoms with Gasteiger partial charge in [-0.2, -0.15) is 0 Å². The van der Waals surface area contributed by atoms with Crippen molar-refractivity contribution in [3.8, 4) is 11.3 Å². The number of carbonyl (C=O) groups excluding carboxylic acids is 1. The predicted molar refractivity (Wildman–Crippen MR) is 156 cm³/mol. The summed E-state index contributed by atoms with van der Waals surface area (Å²) in [5.41, 5.74) is 0.557. The van der Waals surface area contributed by atoms with Gasteiger partial charge >= 0.3 is 5.97 Å². The fraction of sp³-hybridized carbons (Fsp3) is 0.310. The number of ether oxygens (including phenoxy) is 1. The van der Waals surface area contributed by atoms with Crippen LogP contribution in [0.1, 0.15) is 39.7 Å². The van der Waals surface area contributed by atoms with Crippen LogP contribution in [0.15, 0.2) is 53.7 Å². The number of fused-ring (bicyclic) bond motifs is 1. The van der Waals surface area contributed by atoms with Crippen molar-refractivity contribution in [1.29, 1.82) is 0 Å². The van der Waals surface area contributed by atoms with E-state index >= 15 is 4.39 Å². The Morgan fingerprint density at radius 1 is 1.24 bits per heavy atom. The van der Waals surface area contributed by atoms with Crippen LogP contribution in [-0.4, -0.2) is 41.0 Å². The summed E-state index contributed by atoms with van der Waals surface area (Å²) in [6, 6.07) is 8.32. The van der Waals surface area contributed by atoms with Gasteiger partial charge in [0, 0.05) is 29.4 Å². The molecule has 1 N–H and O–H groups in total. The summed E-state index contributed by atoms with van der Waals surface area (Å²) >= 11 is 6.24. The summed E-state index contributed by atoms with van der Waals surface area (Å²) in [6.45, 7) is 17.1. The summed E-state index contributed by atoms with van der Waals surface area (Å²) in [6.07, 6.45) is 2.58. The van der Waals surface area contributed by atoms with Crippen molar-refractivity contribution in [1.82, 2.24) is 13.9 Å². The number of hydrogen-bond donors (Lipinski definition) is 1. The van der Waals surface area contributed by atoms with Gasteiger partial charge in [0.25, 0.3) is 10.0 Å². The first kappa shape index (κ1) is 30.0. The van der Waals surface area contributed by atoms with Crippen LogP contribution in [0.3, 0.4) is 0 Å². The van der Waals surface area contributed by atoms with Crippen LogP contribution in [0.25, 0.3) is 27.1 Å². The van der Waals surface area contributed by atoms with Gasteiger partial charge in [-0.25, -0.2) is 31.6 Å². The number of rotatable bonds is 8. The standard InChI is InChI=1S/C29H29ClFN5O4S/c1-7-40-25(37)14-24(29(3,4)5)34-27-22(31)13-23(32-6)26(35-27)21-16-36(28-20(21)12-18(30)15-33-28)41(38,39)19-10-8-17(2)9-11-19/h8-13,15-16,24H,7,14H2,1-5H3,(H,34,35). The van der Waals surface area contributed by atoms with E-state index in [0.717, 1.165) is 15.6 Å². The zero-order valence-corrected chi connectivity index (χ0v) is 24.8. The molecule has 0 saturated heterocycles. The van der Waals surface area contributed by atoms with Crippen LogP contribution in [0.2, 0.25) is 5.02 Å². The number of halogens is 2.